The first-order valence-corrected chi connectivity index (χ1v) is 6.97. The molecule has 0 spiro atoms. The first-order chi connectivity index (χ1) is 13.7. The molecule has 0 aromatic heterocycles. The van der Waals surface area contributed by atoms with Crippen molar-refractivity contribution in [1.29, 1.82) is 0 Å². The Balaban J connectivity index is 4.03. The second-order valence-corrected chi connectivity index (χ2v) is 3.39. The fourth-order valence-corrected chi connectivity index (χ4v) is 0.793. The van der Waals surface area contributed by atoms with Gasteiger partial charge in [-0.15, -0.1) is 0 Å². The summed E-state index contributed by atoms with van der Waals surface area (Å²) in [4.78, 5) is 11.0. The summed E-state index contributed by atoms with van der Waals surface area (Å²) in [5.41, 5.74) is 0. The van der Waals surface area contributed by atoms with Crippen LogP contribution >= 0.6 is 0 Å². The van der Waals surface area contributed by atoms with Crippen LogP contribution in [0.1, 0.15) is 20.8 Å². The van der Waals surface area contributed by atoms with Gasteiger partial charge in [0, 0.05) is 29.1 Å². The zero-order valence-electron chi connectivity index (χ0n) is 14.7. The summed E-state index contributed by atoms with van der Waals surface area (Å²) in [5.74, 6) is -0.303. The first kappa shape index (κ1) is 23.5. The molecule has 0 heterocycles. The fraction of sp³-hybridized carbons (Fsp3) is 0.833. The van der Waals surface area contributed by atoms with E-state index in [0.29, 0.717) is 13.1 Å². The molecule has 0 unspecified atom stereocenters. The van der Waals surface area contributed by atoms with Crippen molar-refractivity contribution >= 4 is 5.91 Å². The molecule has 0 saturated carbocycles. The number of carbonyl (C=O) groups is 1. The Morgan fingerprint density at radius 2 is 0.893 bits per heavy atom. The minimum Gasteiger partial charge on any atom is -0.273 e. The van der Waals surface area contributed by atoms with E-state index in [2.05, 4.69) is 104 Å². The van der Waals surface area contributed by atoms with Crippen LogP contribution in [0.25, 0.3) is 0 Å². The molecule has 0 aromatic carbocycles. The molecule has 0 aliphatic rings. The second-order valence-electron chi connectivity index (χ2n) is 3.39. The van der Waals surface area contributed by atoms with Gasteiger partial charge in [0.2, 0.25) is 5.91 Å². The molecule has 22 heteroatoms. The number of rotatable bonds is 12. The second kappa shape index (κ2) is 18.8. The maximum atomic E-state index is 11.0. The van der Waals surface area contributed by atoms with Crippen molar-refractivity contribution in [3.05, 3.63) is 0 Å². The number of hydrogen-bond donors (Lipinski definition) is 0. The molecule has 0 N–H and O–H groups in total. The van der Waals surface area contributed by atoms with Crippen LogP contribution in [-0.2, 0) is 4.79 Å². The standard InChI is InChI=1S/C6H13N21O/c1-4-7-8-9-10-11-12-13-14-15-16-17-18-19-20-21-22-23-24-25-26-27(5-2)6(3)28/h4-5H2,1-3H3. The summed E-state index contributed by atoms with van der Waals surface area (Å²) >= 11 is 0. The molecule has 0 radical (unpaired) electrons. The molecule has 0 aliphatic carbocycles. The van der Waals surface area contributed by atoms with Crippen molar-refractivity contribution < 1.29 is 4.79 Å². The molecule has 0 saturated heterocycles. The van der Waals surface area contributed by atoms with Crippen LogP contribution in [0.5, 0.6) is 0 Å². The SMILES string of the molecule is CCN=NN=NN=NN=NN=NN=NN=NN=NN=NN=NN(CC)C(C)=O. The lowest BCUT2D eigenvalue weighted by Crippen LogP contribution is -2.21. The van der Waals surface area contributed by atoms with Gasteiger partial charge in [0.05, 0.1) is 6.54 Å². The monoisotopic (exact) mass is 395 g/mol. The van der Waals surface area contributed by atoms with Crippen molar-refractivity contribution in [2.24, 2.45) is 104 Å². The highest BCUT2D eigenvalue weighted by Crippen LogP contribution is 1.93. The van der Waals surface area contributed by atoms with Crippen LogP contribution in [0, 0.1) is 0 Å². The van der Waals surface area contributed by atoms with Crippen LogP contribution in [-0.4, -0.2) is 24.0 Å². The number of nitrogens with zero attached hydrogens (tertiary/aromatic N) is 21. The van der Waals surface area contributed by atoms with E-state index in [1.807, 2.05) is 0 Å². The summed E-state index contributed by atoms with van der Waals surface area (Å²) in [6.45, 7) is 5.59. The van der Waals surface area contributed by atoms with Crippen LogP contribution in [0.4, 0.5) is 0 Å². The van der Waals surface area contributed by atoms with Crippen LogP contribution in [0.3, 0.4) is 0 Å². The van der Waals surface area contributed by atoms with E-state index >= 15 is 0 Å². The Kier molecular flexibility index (Phi) is 15.8. The minimum absolute atomic E-state index is 0.303. The van der Waals surface area contributed by atoms with Crippen molar-refractivity contribution in [1.82, 2.24) is 5.01 Å². The third-order valence-electron chi connectivity index (χ3n) is 1.70. The number of amides is 1. The fourth-order valence-electron chi connectivity index (χ4n) is 0.793. The van der Waals surface area contributed by atoms with Gasteiger partial charge >= 0.3 is 0 Å². The summed E-state index contributed by atoms with van der Waals surface area (Å²) in [7, 11) is 0. The molecular weight excluding hydrogens is 382 g/mol. The average molecular weight is 395 g/mol. The summed E-state index contributed by atoms with van der Waals surface area (Å²) in [5, 5.41) is 63.4. The molecule has 0 bridgehead atoms. The lowest BCUT2D eigenvalue weighted by atomic mass is 10.6. The highest BCUT2D eigenvalue weighted by atomic mass is 16.2. The third-order valence-corrected chi connectivity index (χ3v) is 1.70. The van der Waals surface area contributed by atoms with Gasteiger partial charge in [-0.1, -0.05) is 0 Å². The summed E-state index contributed by atoms with van der Waals surface area (Å²) in [6, 6.07) is 0. The van der Waals surface area contributed by atoms with Crippen molar-refractivity contribution in [3.8, 4) is 0 Å². The topological polar surface area (TPSA) is 268 Å². The zero-order valence-corrected chi connectivity index (χ0v) is 14.7. The summed E-state index contributed by atoms with van der Waals surface area (Å²) in [6.07, 6.45) is 0. The van der Waals surface area contributed by atoms with Gasteiger partial charge < -0.3 is 0 Å². The highest BCUT2D eigenvalue weighted by Gasteiger charge is 2.01. The van der Waals surface area contributed by atoms with E-state index in [4.69, 9.17) is 0 Å². The Morgan fingerprint density at radius 3 is 1.18 bits per heavy atom. The number of hydrogen-bond acceptors (Lipinski definition) is 3. The van der Waals surface area contributed by atoms with Gasteiger partial charge in [0.25, 0.3) is 0 Å². The predicted octanol–water partition coefficient (Wildman–Crippen LogP) is 4.55. The first-order valence-electron chi connectivity index (χ1n) is 6.97. The molecule has 0 aromatic rings. The van der Waals surface area contributed by atoms with Gasteiger partial charge in [-0.05, 0) is 97.4 Å². The van der Waals surface area contributed by atoms with Crippen molar-refractivity contribution in [3.63, 3.8) is 0 Å². The van der Waals surface area contributed by atoms with Gasteiger partial charge in [0.1, 0.15) is 0 Å². The summed E-state index contributed by atoms with van der Waals surface area (Å²) < 4.78 is 0. The third kappa shape index (κ3) is 16.3. The van der Waals surface area contributed by atoms with Gasteiger partial charge in [-0.3, -0.25) is 4.79 Å². The maximum absolute atomic E-state index is 11.0. The average Bonchev–Trinajstić information content (AvgIpc) is 2.69. The molecule has 1 amide bonds. The van der Waals surface area contributed by atoms with E-state index in [1.165, 1.54) is 6.92 Å². The maximum Gasteiger partial charge on any atom is 0.240 e. The lowest BCUT2D eigenvalue weighted by Gasteiger charge is -2.07. The van der Waals surface area contributed by atoms with Gasteiger partial charge in [0.15, 0.2) is 0 Å². The molecule has 148 valence electrons. The van der Waals surface area contributed by atoms with Crippen molar-refractivity contribution in [2.45, 2.75) is 20.8 Å². The molecule has 0 atom stereocenters. The predicted molar refractivity (Wildman–Crippen MR) is 82.2 cm³/mol. The highest BCUT2D eigenvalue weighted by molar-refractivity contribution is 5.72. The minimum atomic E-state index is -0.303. The van der Waals surface area contributed by atoms with Crippen LogP contribution in [0.15, 0.2) is 104 Å². The Labute approximate surface area is 155 Å². The smallest absolute Gasteiger partial charge is 0.240 e. The van der Waals surface area contributed by atoms with Gasteiger partial charge in [-0.2, -0.15) is 5.11 Å². The lowest BCUT2D eigenvalue weighted by molar-refractivity contribution is -0.129. The van der Waals surface area contributed by atoms with Crippen LogP contribution in [0.2, 0.25) is 0 Å². The van der Waals surface area contributed by atoms with E-state index in [1.54, 1.807) is 13.8 Å². The quantitative estimate of drug-likeness (QED) is 0.333. The van der Waals surface area contributed by atoms with E-state index in [-0.39, 0.29) is 5.91 Å². The molecule has 0 fully saturated rings. The normalized spacial score (nSPS) is 14.0. The molecule has 28 heavy (non-hydrogen) atoms. The van der Waals surface area contributed by atoms with Crippen molar-refractivity contribution in [2.75, 3.05) is 13.1 Å². The molecule has 0 rings (SSSR count). The van der Waals surface area contributed by atoms with Crippen LogP contribution < -0.4 is 0 Å². The number of carbonyl (C=O) groups excluding carboxylic acids is 1. The molecular formula is C6H13N21O. The Hall–Kier alpha value is -4.53. The van der Waals surface area contributed by atoms with Gasteiger partial charge in [-0.25, -0.2) is 5.01 Å². The van der Waals surface area contributed by atoms with E-state index in [9.17, 15) is 4.79 Å². The van der Waals surface area contributed by atoms with E-state index < -0.39 is 0 Å². The zero-order chi connectivity index (χ0) is 20.7. The largest absolute Gasteiger partial charge is 0.273 e. The van der Waals surface area contributed by atoms with E-state index in [0.717, 1.165) is 5.01 Å². The Morgan fingerprint density at radius 1 is 0.571 bits per heavy atom. The molecule has 22 nitrogen and oxygen atoms in total. The Bertz CT molecular complexity index is 706. The molecule has 0 aliphatic heterocycles.